The van der Waals surface area contributed by atoms with E-state index in [9.17, 15) is 0 Å². The van der Waals surface area contributed by atoms with Gasteiger partial charge in [0.15, 0.2) is 0 Å². The Morgan fingerprint density at radius 2 is 1.22 bits per heavy atom. The number of hydrogen-bond donors (Lipinski definition) is 0. The Morgan fingerprint density at radius 3 is 1.80 bits per heavy atom. The number of ether oxygens (including phenoxy) is 2. The van der Waals surface area contributed by atoms with E-state index in [0.717, 1.165) is 44.8 Å². The first-order chi connectivity index (χ1) is 18.9. The molecule has 3 saturated heterocycles. The van der Waals surface area contributed by atoms with Gasteiger partial charge in [-0.3, -0.25) is 9.80 Å². The van der Waals surface area contributed by atoms with Crippen molar-refractivity contribution in [3.8, 4) is 0 Å². The Hall–Kier alpha value is -0.240. The largest absolute Gasteiger partial charge is 0.375 e. The van der Waals surface area contributed by atoms with Crippen LogP contribution < -0.4 is 0 Å². The standard InChI is InChI=1S/C35H70N4O2/c1-29-26-36(18-16-32(2,3)4)20-21-38(29)22-24-41-35(10,11)15-14-34(8,9)17-19-37-27-30-12-13-31(28-37)39(30)23-25-40-33(5,6)7/h29-31H,12-28H2,1-11H3/t29-,30?,31?/m1/s1. The molecule has 0 saturated carbocycles. The topological polar surface area (TPSA) is 31.4 Å². The Morgan fingerprint density at radius 1 is 0.610 bits per heavy atom. The van der Waals surface area contributed by atoms with Crippen molar-refractivity contribution in [1.82, 2.24) is 19.6 Å². The minimum absolute atomic E-state index is 0.0355. The maximum atomic E-state index is 6.51. The molecule has 0 aliphatic carbocycles. The van der Waals surface area contributed by atoms with E-state index >= 15 is 0 Å². The predicted molar refractivity (Wildman–Crippen MR) is 175 cm³/mol. The van der Waals surface area contributed by atoms with Gasteiger partial charge in [0.1, 0.15) is 0 Å². The fourth-order valence-corrected chi connectivity index (χ4v) is 6.92. The summed E-state index contributed by atoms with van der Waals surface area (Å²) < 4.78 is 12.6. The smallest absolute Gasteiger partial charge is 0.0627 e. The lowest BCUT2D eigenvalue weighted by atomic mass is 9.81. The second kappa shape index (κ2) is 14.7. The van der Waals surface area contributed by atoms with Crippen molar-refractivity contribution in [3.05, 3.63) is 0 Å². The summed E-state index contributed by atoms with van der Waals surface area (Å²) in [6.07, 6.45) is 7.61. The highest BCUT2D eigenvalue weighted by Gasteiger charge is 2.40. The molecule has 0 aromatic carbocycles. The third-order valence-corrected chi connectivity index (χ3v) is 10.0. The second-order valence-electron chi connectivity index (χ2n) is 17.4. The lowest BCUT2D eigenvalue weighted by Gasteiger charge is -2.42. The quantitative estimate of drug-likeness (QED) is 0.224. The molecule has 6 nitrogen and oxygen atoms in total. The molecule has 2 unspecified atom stereocenters. The minimum atomic E-state index is -0.0606. The normalized spacial score (nSPS) is 26.3. The molecule has 3 rings (SSSR count). The van der Waals surface area contributed by atoms with E-state index in [0.29, 0.717) is 16.9 Å². The number of nitrogens with zero attached hydrogens (tertiary/aromatic N) is 4. The van der Waals surface area contributed by atoms with E-state index in [-0.39, 0.29) is 11.2 Å². The molecule has 0 spiro atoms. The Labute approximate surface area is 255 Å². The highest BCUT2D eigenvalue weighted by molar-refractivity contribution is 4.96. The summed E-state index contributed by atoms with van der Waals surface area (Å²) in [5.74, 6) is 0. The molecule has 0 N–H and O–H groups in total. The molecule has 0 aromatic rings. The SMILES string of the molecule is C[C@@H]1CN(CCC(C)(C)C)CCN1CCOC(C)(C)CCC(C)(C)CCN1CC2CCC(C1)N2CCOC(C)(C)C. The van der Waals surface area contributed by atoms with Gasteiger partial charge in [-0.25, -0.2) is 0 Å². The van der Waals surface area contributed by atoms with Crippen LogP contribution in [0, 0.1) is 10.8 Å². The highest BCUT2D eigenvalue weighted by Crippen LogP contribution is 2.34. The van der Waals surface area contributed by atoms with Crippen molar-refractivity contribution in [1.29, 1.82) is 0 Å². The van der Waals surface area contributed by atoms with Crippen molar-refractivity contribution in [2.24, 2.45) is 10.8 Å². The third-order valence-electron chi connectivity index (χ3n) is 10.0. The molecule has 0 aromatic heterocycles. The Kier molecular flexibility index (Phi) is 12.6. The van der Waals surface area contributed by atoms with Gasteiger partial charge in [0.25, 0.3) is 0 Å². The summed E-state index contributed by atoms with van der Waals surface area (Å²) in [5, 5.41) is 0. The molecule has 41 heavy (non-hydrogen) atoms. The van der Waals surface area contributed by atoms with Gasteiger partial charge in [-0.1, -0.05) is 34.6 Å². The number of fused-ring (bicyclic) bond motifs is 2. The molecule has 3 heterocycles. The van der Waals surface area contributed by atoms with Crippen LogP contribution in [0.4, 0.5) is 0 Å². The average Bonchev–Trinajstić information content (AvgIpc) is 3.07. The molecule has 242 valence electrons. The van der Waals surface area contributed by atoms with Crippen LogP contribution in [0.15, 0.2) is 0 Å². The average molecular weight is 579 g/mol. The first kappa shape index (κ1) is 35.2. The fourth-order valence-electron chi connectivity index (χ4n) is 6.92. The van der Waals surface area contributed by atoms with Crippen molar-refractivity contribution < 1.29 is 9.47 Å². The summed E-state index contributed by atoms with van der Waals surface area (Å²) in [4.78, 5) is 10.8. The molecule has 3 aliphatic rings. The van der Waals surface area contributed by atoms with Crippen molar-refractivity contribution in [2.45, 2.75) is 144 Å². The van der Waals surface area contributed by atoms with E-state index in [2.05, 4.69) is 95.8 Å². The highest BCUT2D eigenvalue weighted by atomic mass is 16.5. The van der Waals surface area contributed by atoms with Crippen LogP contribution in [-0.2, 0) is 9.47 Å². The lowest BCUT2D eigenvalue weighted by molar-refractivity contribution is -0.0479. The summed E-state index contributed by atoms with van der Waals surface area (Å²) in [5.41, 5.74) is 0.668. The summed E-state index contributed by atoms with van der Waals surface area (Å²) >= 11 is 0. The first-order valence-corrected chi connectivity index (χ1v) is 17.1. The van der Waals surface area contributed by atoms with Crippen LogP contribution in [0.3, 0.4) is 0 Å². The molecule has 3 aliphatic heterocycles. The van der Waals surface area contributed by atoms with E-state index < -0.39 is 0 Å². The van der Waals surface area contributed by atoms with Gasteiger partial charge in [0.05, 0.1) is 24.4 Å². The summed E-state index contributed by atoms with van der Waals surface area (Å²) in [6, 6.07) is 2.06. The van der Waals surface area contributed by atoms with Crippen molar-refractivity contribution in [2.75, 3.05) is 72.1 Å². The van der Waals surface area contributed by atoms with E-state index in [1.165, 1.54) is 77.9 Å². The number of piperazine rings is 2. The maximum absolute atomic E-state index is 6.51. The predicted octanol–water partition coefficient (Wildman–Crippen LogP) is 6.38. The number of hydrogen-bond acceptors (Lipinski definition) is 6. The number of rotatable bonds is 15. The molecule has 0 amide bonds. The zero-order chi connectivity index (χ0) is 30.5. The van der Waals surface area contributed by atoms with Crippen molar-refractivity contribution in [3.63, 3.8) is 0 Å². The van der Waals surface area contributed by atoms with E-state index in [4.69, 9.17) is 9.47 Å². The molecule has 0 radical (unpaired) electrons. The van der Waals surface area contributed by atoms with Gasteiger partial charge in [-0.15, -0.1) is 0 Å². The van der Waals surface area contributed by atoms with Gasteiger partial charge in [-0.05, 0) is 104 Å². The van der Waals surface area contributed by atoms with Gasteiger partial charge in [0, 0.05) is 63.9 Å². The van der Waals surface area contributed by atoms with Crippen LogP contribution in [0.5, 0.6) is 0 Å². The lowest BCUT2D eigenvalue weighted by Crippen LogP contribution is -2.55. The zero-order valence-corrected chi connectivity index (χ0v) is 29.4. The minimum Gasteiger partial charge on any atom is -0.375 e. The summed E-state index contributed by atoms with van der Waals surface area (Å²) in [6.45, 7) is 37.8. The van der Waals surface area contributed by atoms with Crippen molar-refractivity contribution >= 4 is 0 Å². The first-order valence-electron chi connectivity index (χ1n) is 17.1. The molecular weight excluding hydrogens is 508 g/mol. The van der Waals surface area contributed by atoms with E-state index in [1.807, 2.05) is 0 Å². The van der Waals surface area contributed by atoms with Gasteiger partial charge < -0.3 is 19.3 Å². The van der Waals surface area contributed by atoms with E-state index in [1.54, 1.807) is 0 Å². The molecule has 3 fully saturated rings. The van der Waals surface area contributed by atoms with Crippen LogP contribution in [0.1, 0.15) is 115 Å². The van der Waals surface area contributed by atoms with Gasteiger partial charge in [0.2, 0.25) is 0 Å². The monoisotopic (exact) mass is 579 g/mol. The second-order valence-corrected chi connectivity index (χ2v) is 17.4. The molecule has 3 atom stereocenters. The molecule has 2 bridgehead atoms. The molecule has 6 heteroatoms. The van der Waals surface area contributed by atoms with Gasteiger partial charge >= 0.3 is 0 Å². The van der Waals surface area contributed by atoms with Crippen LogP contribution >= 0.6 is 0 Å². The van der Waals surface area contributed by atoms with Gasteiger partial charge in [-0.2, -0.15) is 0 Å². The fraction of sp³-hybridized carbons (Fsp3) is 1.00. The maximum Gasteiger partial charge on any atom is 0.0627 e. The zero-order valence-electron chi connectivity index (χ0n) is 29.4. The van der Waals surface area contributed by atoms with Crippen LogP contribution in [-0.4, -0.2) is 121 Å². The molecular formula is C35H70N4O2. The Bertz CT molecular complexity index is 757. The Balaban J connectivity index is 1.31. The summed E-state index contributed by atoms with van der Waals surface area (Å²) in [7, 11) is 0. The third kappa shape index (κ3) is 12.7. The number of likely N-dealkylation sites (tertiary alicyclic amines) is 1. The van der Waals surface area contributed by atoms with Crippen LogP contribution in [0.2, 0.25) is 0 Å². The van der Waals surface area contributed by atoms with Crippen LogP contribution in [0.25, 0.3) is 0 Å².